The average molecular weight is 792 g/mol. The van der Waals surface area contributed by atoms with Crippen LogP contribution in [0.5, 0.6) is 11.5 Å². The molecular formula is C46H54N3O7P. The maximum absolute atomic E-state index is 14.3. The normalized spacial score (nSPS) is 17.7. The standard InChI is InChI=1S/C46H54N3O7P/c1-31(2)49(32(3)4)57(53-26-12-24-47)54-30-42-41(29-43(55-42)48-25-23-35-28-33(5)27-34(6)44(35)45(48)50)56-46(36-13-10-9-11-14-36,37-15-19-39(51-7)20-16-37)38-17-21-40(52-8)22-18-38/h9-11,13-23,25,27-28,31-32,41-43H,12,26,29-30H2,1-8H3/t41?,42-,43-,57?/m1/s1. The molecule has 0 N–H and O–H groups in total. The Balaban J connectivity index is 1.48. The van der Waals surface area contributed by atoms with Crippen LogP contribution >= 0.6 is 8.53 Å². The Morgan fingerprint density at radius 1 is 0.860 bits per heavy atom. The van der Waals surface area contributed by atoms with E-state index < -0.39 is 32.6 Å². The van der Waals surface area contributed by atoms with Crippen LogP contribution in [0.2, 0.25) is 0 Å². The van der Waals surface area contributed by atoms with Gasteiger partial charge < -0.3 is 28.0 Å². The maximum atomic E-state index is 14.3. The molecule has 5 aromatic rings. The second kappa shape index (κ2) is 18.8. The zero-order chi connectivity index (χ0) is 40.7. The molecule has 1 aromatic heterocycles. The van der Waals surface area contributed by atoms with Crippen molar-refractivity contribution in [1.82, 2.24) is 9.24 Å². The van der Waals surface area contributed by atoms with Gasteiger partial charge in [0.15, 0.2) is 0 Å². The molecule has 0 radical (unpaired) electrons. The third kappa shape index (κ3) is 9.10. The summed E-state index contributed by atoms with van der Waals surface area (Å²) in [6.45, 7) is 12.8. The van der Waals surface area contributed by atoms with Crippen LogP contribution in [0.15, 0.2) is 108 Å². The fourth-order valence-corrected chi connectivity index (χ4v) is 9.48. The molecule has 6 rings (SSSR count). The number of benzene rings is 4. The van der Waals surface area contributed by atoms with Gasteiger partial charge in [0.2, 0.25) is 0 Å². The first-order valence-electron chi connectivity index (χ1n) is 19.5. The van der Waals surface area contributed by atoms with Gasteiger partial charge in [-0.1, -0.05) is 72.3 Å². The molecule has 1 fully saturated rings. The van der Waals surface area contributed by atoms with Crippen molar-refractivity contribution in [1.29, 1.82) is 5.26 Å². The van der Waals surface area contributed by atoms with E-state index in [1.807, 2.05) is 105 Å². The lowest BCUT2D eigenvalue weighted by Gasteiger charge is -2.40. The van der Waals surface area contributed by atoms with Gasteiger partial charge in [-0.05, 0) is 99.5 Å². The summed E-state index contributed by atoms with van der Waals surface area (Å²) in [5.74, 6) is 1.44. The molecule has 4 atom stereocenters. The fourth-order valence-electron chi connectivity index (χ4n) is 7.86. The number of fused-ring (bicyclic) bond motifs is 1. The number of aryl methyl sites for hydroxylation is 2. The van der Waals surface area contributed by atoms with Crippen LogP contribution in [0.4, 0.5) is 0 Å². The number of rotatable bonds is 17. The van der Waals surface area contributed by atoms with Crippen molar-refractivity contribution < 1.29 is 28.0 Å². The average Bonchev–Trinajstić information content (AvgIpc) is 3.60. The van der Waals surface area contributed by atoms with Crippen LogP contribution in [0.1, 0.15) is 74.6 Å². The van der Waals surface area contributed by atoms with Crippen LogP contribution < -0.4 is 15.0 Å². The van der Waals surface area contributed by atoms with Crippen molar-refractivity contribution in [3.63, 3.8) is 0 Å². The summed E-state index contributed by atoms with van der Waals surface area (Å²) in [5, 5.41) is 10.9. The van der Waals surface area contributed by atoms with Crippen LogP contribution in [0, 0.1) is 25.2 Å². The number of hydrogen-bond acceptors (Lipinski definition) is 9. The first-order valence-corrected chi connectivity index (χ1v) is 20.6. The molecule has 1 aliphatic heterocycles. The molecule has 2 unspecified atom stereocenters. The van der Waals surface area contributed by atoms with E-state index in [4.69, 9.17) is 28.0 Å². The summed E-state index contributed by atoms with van der Waals surface area (Å²) in [5.41, 5.74) is 3.42. The summed E-state index contributed by atoms with van der Waals surface area (Å²) in [6, 6.07) is 34.4. The highest BCUT2D eigenvalue weighted by atomic mass is 31.2. The maximum Gasteiger partial charge on any atom is 0.260 e. The highest BCUT2D eigenvalue weighted by Gasteiger charge is 2.47. The number of ether oxygens (including phenoxy) is 4. The number of hydrogen-bond donors (Lipinski definition) is 0. The molecule has 2 heterocycles. The summed E-state index contributed by atoms with van der Waals surface area (Å²) in [7, 11) is 1.72. The van der Waals surface area contributed by atoms with Crippen molar-refractivity contribution in [3.8, 4) is 17.6 Å². The van der Waals surface area contributed by atoms with Crippen molar-refractivity contribution in [2.75, 3.05) is 27.4 Å². The van der Waals surface area contributed by atoms with Gasteiger partial charge in [0.05, 0.1) is 51.4 Å². The highest BCUT2D eigenvalue weighted by molar-refractivity contribution is 7.44. The predicted octanol–water partition coefficient (Wildman–Crippen LogP) is 9.59. The molecule has 0 spiro atoms. The monoisotopic (exact) mass is 791 g/mol. The van der Waals surface area contributed by atoms with Crippen LogP contribution in [0.3, 0.4) is 0 Å². The number of nitriles is 1. The van der Waals surface area contributed by atoms with E-state index in [1.54, 1.807) is 18.8 Å². The second-order valence-electron chi connectivity index (χ2n) is 14.9. The molecule has 1 aliphatic rings. The van der Waals surface area contributed by atoms with E-state index in [0.717, 1.165) is 44.7 Å². The largest absolute Gasteiger partial charge is 0.497 e. The number of nitrogens with zero attached hydrogens (tertiary/aromatic N) is 3. The highest BCUT2D eigenvalue weighted by Crippen LogP contribution is 2.49. The van der Waals surface area contributed by atoms with Gasteiger partial charge in [-0.15, -0.1) is 0 Å². The van der Waals surface area contributed by atoms with Crippen molar-refractivity contribution in [3.05, 3.63) is 141 Å². The summed E-state index contributed by atoms with van der Waals surface area (Å²) in [6.07, 6.45) is 0.566. The summed E-state index contributed by atoms with van der Waals surface area (Å²) in [4.78, 5) is 14.3. The first-order chi connectivity index (χ1) is 27.5. The smallest absolute Gasteiger partial charge is 0.260 e. The van der Waals surface area contributed by atoms with Gasteiger partial charge >= 0.3 is 0 Å². The van der Waals surface area contributed by atoms with Crippen molar-refractivity contribution in [2.24, 2.45) is 0 Å². The first kappa shape index (κ1) is 42.0. The minimum Gasteiger partial charge on any atom is -0.497 e. The van der Waals surface area contributed by atoms with Gasteiger partial charge in [0.25, 0.3) is 14.1 Å². The topological polar surface area (TPSA) is 104 Å². The predicted molar refractivity (Wildman–Crippen MR) is 225 cm³/mol. The number of pyridine rings is 1. The molecule has 1 saturated heterocycles. The van der Waals surface area contributed by atoms with E-state index in [0.29, 0.717) is 11.8 Å². The molecule has 10 nitrogen and oxygen atoms in total. The van der Waals surface area contributed by atoms with Crippen LogP contribution in [-0.2, 0) is 24.1 Å². The lowest BCUT2D eigenvalue weighted by Crippen LogP contribution is -2.41. The van der Waals surface area contributed by atoms with E-state index in [2.05, 4.69) is 50.6 Å². The fraction of sp³-hybridized carbons (Fsp3) is 0.391. The lowest BCUT2D eigenvalue weighted by atomic mass is 9.79. The van der Waals surface area contributed by atoms with Gasteiger partial charge in [0, 0.05) is 24.7 Å². The summed E-state index contributed by atoms with van der Waals surface area (Å²) >= 11 is 0. The third-order valence-corrected chi connectivity index (χ3v) is 12.5. The van der Waals surface area contributed by atoms with Crippen molar-refractivity contribution >= 4 is 19.3 Å². The van der Waals surface area contributed by atoms with Crippen LogP contribution in [0.25, 0.3) is 10.8 Å². The minimum absolute atomic E-state index is 0.112. The van der Waals surface area contributed by atoms with E-state index in [9.17, 15) is 10.1 Å². The zero-order valence-electron chi connectivity index (χ0n) is 34.2. The van der Waals surface area contributed by atoms with Crippen molar-refractivity contribution in [2.45, 2.75) is 90.5 Å². The van der Waals surface area contributed by atoms with E-state index in [-0.39, 0.29) is 37.3 Å². The third-order valence-electron chi connectivity index (χ3n) is 10.4. The lowest BCUT2D eigenvalue weighted by molar-refractivity contribution is -0.0973. The molecule has 300 valence electrons. The van der Waals surface area contributed by atoms with E-state index >= 15 is 0 Å². The molecule has 0 saturated carbocycles. The van der Waals surface area contributed by atoms with Crippen LogP contribution in [-0.4, -0.2) is 61.0 Å². The Bertz CT molecular complexity index is 2130. The van der Waals surface area contributed by atoms with Gasteiger partial charge in [-0.2, -0.15) is 5.26 Å². The van der Waals surface area contributed by atoms with Gasteiger partial charge in [0.1, 0.15) is 29.4 Å². The zero-order valence-corrected chi connectivity index (χ0v) is 35.1. The van der Waals surface area contributed by atoms with Gasteiger partial charge in [-0.25, -0.2) is 4.67 Å². The Morgan fingerprint density at radius 2 is 1.46 bits per heavy atom. The molecule has 0 aliphatic carbocycles. The molecule has 11 heteroatoms. The Hall–Kier alpha value is -4.59. The Labute approximate surface area is 337 Å². The Morgan fingerprint density at radius 3 is 2.02 bits per heavy atom. The summed E-state index contributed by atoms with van der Waals surface area (Å²) < 4.78 is 42.6. The van der Waals surface area contributed by atoms with E-state index in [1.165, 1.54) is 0 Å². The molecule has 4 aromatic carbocycles. The number of methoxy groups -OCH3 is 2. The van der Waals surface area contributed by atoms with Gasteiger partial charge in [-0.3, -0.25) is 9.36 Å². The Kier molecular flexibility index (Phi) is 13.8. The molecule has 0 bridgehead atoms. The molecule has 57 heavy (non-hydrogen) atoms. The second-order valence-corrected chi connectivity index (χ2v) is 16.4. The molecule has 0 amide bonds. The minimum atomic E-state index is -1.58. The number of aromatic nitrogens is 1. The SMILES string of the molecule is COc1ccc(C(OC2C[C@H](n3ccc4cc(C)cc(C)c4c3=O)O[C@@H]2COP(OCCC#N)N(C(C)C)C(C)C)(c2ccccc2)c2ccc(OC)cc2)cc1. The molecular weight excluding hydrogens is 737 g/mol. The quantitative estimate of drug-likeness (QED) is 0.0518.